The summed E-state index contributed by atoms with van der Waals surface area (Å²) in [5.74, 6) is -0.0184. The lowest BCUT2D eigenvalue weighted by atomic mass is 10.1. The van der Waals surface area contributed by atoms with Crippen LogP contribution in [0, 0.1) is 13.8 Å². The molecule has 0 aliphatic carbocycles. The fraction of sp³-hybridized carbons (Fsp3) is 0.278. The molecule has 0 saturated carbocycles. The lowest BCUT2D eigenvalue weighted by Crippen LogP contribution is -2.30. The lowest BCUT2D eigenvalue weighted by molar-refractivity contribution is -0.115. The number of amides is 1. The van der Waals surface area contributed by atoms with Crippen molar-refractivity contribution in [2.45, 2.75) is 26.8 Å². The smallest absolute Gasteiger partial charge is 0.238 e. The number of rotatable bonds is 5. The molecule has 110 valence electrons. The van der Waals surface area contributed by atoms with Crippen LogP contribution in [0.2, 0.25) is 0 Å². The van der Waals surface area contributed by atoms with Crippen LogP contribution in [0.25, 0.3) is 0 Å². The Bertz CT molecular complexity index is 588. The number of anilines is 1. The molecular weight excluding hydrogens is 260 g/mol. The van der Waals surface area contributed by atoms with Gasteiger partial charge in [0.05, 0.1) is 6.54 Å². The number of carbonyl (C=O) groups is 1. The van der Waals surface area contributed by atoms with Crippen LogP contribution >= 0.6 is 0 Å². The third kappa shape index (κ3) is 4.17. The Morgan fingerprint density at radius 3 is 2.24 bits per heavy atom. The van der Waals surface area contributed by atoms with Gasteiger partial charge in [0, 0.05) is 11.7 Å². The predicted molar refractivity (Wildman–Crippen MR) is 87.4 cm³/mol. The van der Waals surface area contributed by atoms with Crippen LogP contribution in [0.3, 0.4) is 0 Å². The molecule has 0 aliphatic heterocycles. The number of carbonyl (C=O) groups excluding carboxylic acids is 1. The molecule has 1 unspecified atom stereocenters. The van der Waals surface area contributed by atoms with E-state index in [-0.39, 0.29) is 11.9 Å². The highest BCUT2D eigenvalue weighted by atomic mass is 16.1. The quantitative estimate of drug-likeness (QED) is 0.880. The van der Waals surface area contributed by atoms with Crippen molar-refractivity contribution in [1.29, 1.82) is 0 Å². The summed E-state index contributed by atoms with van der Waals surface area (Å²) in [6.07, 6.45) is 0. The van der Waals surface area contributed by atoms with Crippen LogP contribution < -0.4 is 10.6 Å². The number of hydrogen-bond donors (Lipinski definition) is 2. The Balaban J connectivity index is 1.91. The first-order valence-electron chi connectivity index (χ1n) is 7.22. The molecule has 0 spiro atoms. The zero-order valence-corrected chi connectivity index (χ0v) is 12.8. The molecule has 0 saturated heterocycles. The van der Waals surface area contributed by atoms with E-state index >= 15 is 0 Å². The van der Waals surface area contributed by atoms with Gasteiger partial charge in [-0.2, -0.15) is 0 Å². The molecular formula is C18H22N2O. The molecule has 1 amide bonds. The van der Waals surface area contributed by atoms with E-state index in [1.54, 1.807) is 0 Å². The Labute approximate surface area is 126 Å². The van der Waals surface area contributed by atoms with Crippen molar-refractivity contribution in [3.05, 3.63) is 65.2 Å². The number of hydrogen-bond acceptors (Lipinski definition) is 2. The zero-order chi connectivity index (χ0) is 15.2. The Morgan fingerprint density at radius 2 is 1.62 bits per heavy atom. The van der Waals surface area contributed by atoms with E-state index in [9.17, 15) is 4.79 Å². The van der Waals surface area contributed by atoms with E-state index in [0.717, 1.165) is 16.8 Å². The normalized spacial score (nSPS) is 12.0. The summed E-state index contributed by atoms with van der Waals surface area (Å²) in [5.41, 5.74) is 4.26. The highest BCUT2D eigenvalue weighted by Crippen LogP contribution is 2.19. The van der Waals surface area contributed by atoms with Gasteiger partial charge in [-0.1, -0.05) is 48.5 Å². The maximum absolute atomic E-state index is 12.1. The molecule has 1 atom stereocenters. The average molecular weight is 282 g/mol. The number of para-hydroxylation sites is 1. The van der Waals surface area contributed by atoms with Crippen molar-refractivity contribution in [3.63, 3.8) is 0 Å². The van der Waals surface area contributed by atoms with Crippen LogP contribution in [0.4, 0.5) is 5.69 Å². The second-order valence-electron chi connectivity index (χ2n) is 5.33. The minimum atomic E-state index is -0.0184. The minimum absolute atomic E-state index is 0.0184. The molecule has 0 radical (unpaired) electrons. The molecule has 0 aromatic heterocycles. The maximum Gasteiger partial charge on any atom is 0.238 e. The van der Waals surface area contributed by atoms with E-state index in [4.69, 9.17) is 0 Å². The summed E-state index contributed by atoms with van der Waals surface area (Å²) in [5, 5.41) is 6.23. The Kier molecular flexibility index (Phi) is 5.12. The second kappa shape index (κ2) is 7.04. The first kappa shape index (κ1) is 15.3. The Morgan fingerprint density at radius 1 is 1.00 bits per heavy atom. The van der Waals surface area contributed by atoms with Gasteiger partial charge in [0.2, 0.25) is 5.91 Å². The molecule has 2 aromatic rings. The fourth-order valence-electron chi connectivity index (χ4n) is 2.30. The molecule has 0 bridgehead atoms. The van der Waals surface area contributed by atoms with Crippen molar-refractivity contribution in [2.75, 3.05) is 11.9 Å². The monoisotopic (exact) mass is 282 g/mol. The van der Waals surface area contributed by atoms with Crippen molar-refractivity contribution in [3.8, 4) is 0 Å². The van der Waals surface area contributed by atoms with Gasteiger partial charge < -0.3 is 10.6 Å². The second-order valence-corrected chi connectivity index (χ2v) is 5.33. The SMILES string of the molecule is Cc1cccc(C)c1NC(=O)CNC(C)c1ccccc1. The standard InChI is InChI=1S/C18H22N2O/c1-13-8-7-9-14(2)18(13)20-17(21)12-19-15(3)16-10-5-4-6-11-16/h4-11,15,19H,12H2,1-3H3,(H,20,21). The van der Waals surface area contributed by atoms with E-state index in [2.05, 4.69) is 29.7 Å². The Hall–Kier alpha value is -2.13. The van der Waals surface area contributed by atoms with Crippen LogP contribution in [0.5, 0.6) is 0 Å². The highest BCUT2D eigenvalue weighted by Gasteiger charge is 2.09. The highest BCUT2D eigenvalue weighted by molar-refractivity contribution is 5.93. The molecule has 3 nitrogen and oxygen atoms in total. The summed E-state index contributed by atoms with van der Waals surface area (Å²) in [4.78, 5) is 12.1. The molecule has 2 N–H and O–H groups in total. The third-order valence-electron chi connectivity index (χ3n) is 3.61. The minimum Gasteiger partial charge on any atom is -0.324 e. The predicted octanol–water partition coefficient (Wildman–Crippen LogP) is 3.59. The summed E-state index contributed by atoms with van der Waals surface area (Å²) in [6, 6.07) is 16.3. The van der Waals surface area contributed by atoms with Gasteiger partial charge in [-0.15, -0.1) is 0 Å². The third-order valence-corrected chi connectivity index (χ3v) is 3.61. The summed E-state index contributed by atoms with van der Waals surface area (Å²) >= 11 is 0. The van der Waals surface area contributed by atoms with Gasteiger partial charge >= 0.3 is 0 Å². The molecule has 21 heavy (non-hydrogen) atoms. The topological polar surface area (TPSA) is 41.1 Å². The van der Waals surface area contributed by atoms with Gasteiger partial charge in [-0.3, -0.25) is 4.79 Å². The molecule has 0 aliphatic rings. The van der Waals surface area contributed by atoms with Crippen LogP contribution in [0.15, 0.2) is 48.5 Å². The van der Waals surface area contributed by atoms with Crippen LogP contribution in [-0.2, 0) is 4.79 Å². The fourth-order valence-corrected chi connectivity index (χ4v) is 2.30. The van der Waals surface area contributed by atoms with E-state index in [1.807, 2.05) is 50.2 Å². The largest absolute Gasteiger partial charge is 0.324 e. The van der Waals surface area contributed by atoms with Crippen molar-refractivity contribution >= 4 is 11.6 Å². The average Bonchev–Trinajstić information content (AvgIpc) is 2.49. The van der Waals surface area contributed by atoms with Crippen molar-refractivity contribution in [2.24, 2.45) is 0 Å². The van der Waals surface area contributed by atoms with Gasteiger partial charge in [-0.05, 0) is 37.5 Å². The first-order valence-corrected chi connectivity index (χ1v) is 7.22. The molecule has 0 heterocycles. The zero-order valence-electron chi connectivity index (χ0n) is 12.8. The van der Waals surface area contributed by atoms with E-state index in [1.165, 1.54) is 5.56 Å². The van der Waals surface area contributed by atoms with Gasteiger partial charge in [0.15, 0.2) is 0 Å². The molecule has 0 fully saturated rings. The first-order chi connectivity index (χ1) is 10.1. The summed E-state index contributed by atoms with van der Waals surface area (Å²) in [7, 11) is 0. The van der Waals surface area contributed by atoms with Gasteiger partial charge in [0.1, 0.15) is 0 Å². The van der Waals surface area contributed by atoms with Gasteiger partial charge in [0.25, 0.3) is 0 Å². The number of nitrogens with one attached hydrogen (secondary N) is 2. The number of benzene rings is 2. The van der Waals surface area contributed by atoms with Crippen molar-refractivity contribution in [1.82, 2.24) is 5.32 Å². The lowest BCUT2D eigenvalue weighted by Gasteiger charge is -2.15. The van der Waals surface area contributed by atoms with Crippen LogP contribution in [0.1, 0.15) is 29.7 Å². The van der Waals surface area contributed by atoms with E-state index in [0.29, 0.717) is 6.54 Å². The van der Waals surface area contributed by atoms with Gasteiger partial charge in [-0.25, -0.2) is 0 Å². The summed E-state index contributed by atoms with van der Waals surface area (Å²) in [6.45, 7) is 6.36. The molecule has 3 heteroatoms. The van der Waals surface area contributed by atoms with Crippen molar-refractivity contribution < 1.29 is 4.79 Å². The van der Waals surface area contributed by atoms with E-state index < -0.39 is 0 Å². The van der Waals surface area contributed by atoms with Crippen LogP contribution in [-0.4, -0.2) is 12.5 Å². The molecule has 2 aromatic carbocycles. The maximum atomic E-state index is 12.1. The number of aryl methyl sites for hydroxylation is 2. The molecule has 2 rings (SSSR count). The summed E-state index contributed by atoms with van der Waals surface area (Å²) < 4.78 is 0.